The number of carbonyl (C=O) groups is 2. The SMILES string of the molecule is O=C(NCc1ccnc(OC(F)(F)F)c1)C1CC(=O)N(c2cc(C(F)(F)F)cc(C(F)(F)F)c2)C1. The van der Waals surface area contributed by atoms with Gasteiger partial charge in [-0.3, -0.25) is 9.59 Å². The molecule has 0 aliphatic carbocycles. The second kappa shape index (κ2) is 9.26. The summed E-state index contributed by atoms with van der Waals surface area (Å²) in [6.45, 7) is -0.801. The zero-order valence-electron chi connectivity index (χ0n) is 17.2. The van der Waals surface area contributed by atoms with Crippen LogP contribution in [0, 0.1) is 5.92 Å². The van der Waals surface area contributed by atoms with Crippen LogP contribution in [0.5, 0.6) is 5.88 Å². The number of aromatic nitrogens is 1. The van der Waals surface area contributed by atoms with Gasteiger partial charge in [0.2, 0.25) is 17.7 Å². The number of benzene rings is 1. The number of anilines is 1. The molecule has 1 saturated heterocycles. The van der Waals surface area contributed by atoms with Gasteiger partial charge in [0, 0.05) is 37.5 Å². The van der Waals surface area contributed by atoms with Crippen LogP contribution in [0.3, 0.4) is 0 Å². The number of nitrogens with one attached hydrogen (secondary N) is 1. The van der Waals surface area contributed by atoms with Crippen LogP contribution < -0.4 is 15.0 Å². The molecule has 1 N–H and O–H groups in total. The lowest BCUT2D eigenvalue weighted by molar-refractivity contribution is -0.276. The highest BCUT2D eigenvalue weighted by atomic mass is 19.4. The van der Waals surface area contributed by atoms with E-state index in [2.05, 4.69) is 15.0 Å². The van der Waals surface area contributed by atoms with E-state index in [0.717, 1.165) is 12.3 Å². The minimum Gasteiger partial charge on any atom is -0.388 e. The molecule has 0 spiro atoms. The Hall–Kier alpha value is -3.52. The molecule has 0 bridgehead atoms. The summed E-state index contributed by atoms with van der Waals surface area (Å²) in [5.74, 6) is -3.56. The summed E-state index contributed by atoms with van der Waals surface area (Å²) in [4.78, 5) is 28.8. The molecule has 3 rings (SSSR count). The largest absolute Gasteiger partial charge is 0.574 e. The van der Waals surface area contributed by atoms with Gasteiger partial charge in [-0.2, -0.15) is 26.3 Å². The molecule has 6 nitrogen and oxygen atoms in total. The van der Waals surface area contributed by atoms with Gasteiger partial charge < -0.3 is 15.0 Å². The number of pyridine rings is 1. The first-order valence-electron chi connectivity index (χ1n) is 9.61. The van der Waals surface area contributed by atoms with Crippen molar-refractivity contribution in [1.29, 1.82) is 0 Å². The molecular weight excluding hydrogens is 501 g/mol. The second-order valence-electron chi connectivity index (χ2n) is 7.44. The van der Waals surface area contributed by atoms with Crippen molar-refractivity contribution in [3.8, 4) is 5.88 Å². The van der Waals surface area contributed by atoms with Crippen LogP contribution >= 0.6 is 0 Å². The Morgan fingerprint density at radius 1 is 1.00 bits per heavy atom. The third-order valence-corrected chi connectivity index (χ3v) is 4.87. The van der Waals surface area contributed by atoms with Gasteiger partial charge in [-0.25, -0.2) is 4.98 Å². The van der Waals surface area contributed by atoms with Crippen molar-refractivity contribution < 1.29 is 53.8 Å². The molecule has 2 amide bonds. The molecule has 190 valence electrons. The average Bonchev–Trinajstić information content (AvgIpc) is 3.11. The molecule has 2 aromatic rings. The van der Waals surface area contributed by atoms with Gasteiger partial charge in [0.05, 0.1) is 17.0 Å². The predicted molar refractivity (Wildman–Crippen MR) is 99.7 cm³/mol. The molecule has 0 radical (unpaired) electrons. The summed E-state index contributed by atoms with van der Waals surface area (Å²) in [7, 11) is 0. The molecule has 1 aliphatic rings. The molecule has 15 heteroatoms. The first-order chi connectivity index (χ1) is 16.0. The molecular formula is C20H14F9N3O3. The summed E-state index contributed by atoms with van der Waals surface area (Å²) in [6.07, 6.45) is -14.7. The van der Waals surface area contributed by atoms with Crippen molar-refractivity contribution in [2.24, 2.45) is 5.92 Å². The van der Waals surface area contributed by atoms with Gasteiger partial charge in [0.15, 0.2) is 0 Å². The van der Waals surface area contributed by atoms with E-state index in [1.165, 1.54) is 6.07 Å². The fourth-order valence-electron chi connectivity index (χ4n) is 3.30. The summed E-state index contributed by atoms with van der Waals surface area (Å²) >= 11 is 0. The lowest BCUT2D eigenvalue weighted by Gasteiger charge is -2.20. The zero-order chi connectivity index (χ0) is 26.2. The molecule has 1 fully saturated rings. The van der Waals surface area contributed by atoms with Gasteiger partial charge in [-0.05, 0) is 29.8 Å². The Morgan fingerprint density at radius 2 is 1.60 bits per heavy atom. The highest BCUT2D eigenvalue weighted by molar-refractivity contribution is 6.00. The van der Waals surface area contributed by atoms with Gasteiger partial charge in [-0.1, -0.05) is 0 Å². The summed E-state index contributed by atoms with van der Waals surface area (Å²) in [5.41, 5.74) is -3.74. The number of carbonyl (C=O) groups excluding carboxylic acids is 2. The van der Waals surface area contributed by atoms with Gasteiger partial charge >= 0.3 is 18.7 Å². The van der Waals surface area contributed by atoms with Crippen molar-refractivity contribution in [2.45, 2.75) is 31.7 Å². The van der Waals surface area contributed by atoms with Crippen LogP contribution in [-0.2, 0) is 28.5 Å². The molecule has 2 heterocycles. The Kier molecular flexibility index (Phi) is 6.90. The van der Waals surface area contributed by atoms with Crippen LogP contribution in [0.15, 0.2) is 36.5 Å². The first kappa shape index (κ1) is 26.1. The molecule has 1 unspecified atom stereocenters. The number of hydrogen-bond acceptors (Lipinski definition) is 4. The number of nitrogens with zero attached hydrogens (tertiary/aromatic N) is 2. The maximum atomic E-state index is 13.1. The molecule has 1 aliphatic heterocycles. The van der Waals surface area contributed by atoms with Gasteiger partial charge in [-0.15, -0.1) is 13.2 Å². The van der Waals surface area contributed by atoms with E-state index in [1.54, 1.807) is 0 Å². The minimum absolute atomic E-state index is 0.0836. The summed E-state index contributed by atoms with van der Waals surface area (Å²) < 4.78 is 119. The Balaban J connectivity index is 1.72. The quantitative estimate of drug-likeness (QED) is 0.587. The second-order valence-corrected chi connectivity index (χ2v) is 7.44. The Morgan fingerprint density at radius 3 is 2.14 bits per heavy atom. The van der Waals surface area contributed by atoms with Gasteiger partial charge in [0.25, 0.3) is 0 Å². The Bertz CT molecular complexity index is 1080. The van der Waals surface area contributed by atoms with E-state index < -0.39 is 72.1 Å². The maximum absolute atomic E-state index is 13.1. The standard InChI is InChI=1S/C20H14F9N3O3/c21-18(22,23)12-5-13(19(24,25)26)7-14(6-12)32-9-11(4-16(32)33)17(34)31-8-10-1-2-30-15(3-10)35-20(27,28)29/h1-3,5-7,11H,4,8-9H2,(H,31,34). The van der Waals surface area contributed by atoms with Gasteiger partial charge in [0.1, 0.15) is 0 Å². The predicted octanol–water partition coefficient (Wildman–Crippen LogP) is 4.69. The van der Waals surface area contributed by atoms with E-state index in [-0.39, 0.29) is 18.2 Å². The van der Waals surface area contributed by atoms with E-state index in [9.17, 15) is 49.1 Å². The third-order valence-electron chi connectivity index (χ3n) is 4.87. The molecule has 1 aromatic carbocycles. The number of amides is 2. The number of halogens is 9. The fraction of sp³-hybridized carbons (Fsp3) is 0.350. The maximum Gasteiger partial charge on any atom is 0.574 e. The zero-order valence-corrected chi connectivity index (χ0v) is 17.2. The highest BCUT2D eigenvalue weighted by Gasteiger charge is 2.40. The molecule has 1 atom stereocenters. The van der Waals surface area contributed by atoms with Crippen molar-refractivity contribution in [2.75, 3.05) is 11.4 Å². The summed E-state index contributed by atoms with van der Waals surface area (Å²) in [6, 6.07) is 2.86. The van der Waals surface area contributed by atoms with Crippen molar-refractivity contribution in [3.63, 3.8) is 0 Å². The van der Waals surface area contributed by atoms with Crippen LogP contribution in [0.2, 0.25) is 0 Å². The first-order valence-corrected chi connectivity index (χ1v) is 9.61. The van der Waals surface area contributed by atoms with E-state index in [1.807, 2.05) is 0 Å². The van der Waals surface area contributed by atoms with Crippen molar-refractivity contribution in [3.05, 3.63) is 53.2 Å². The number of hydrogen-bond donors (Lipinski definition) is 1. The van der Waals surface area contributed by atoms with Crippen molar-refractivity contribution >= 4 is 17.5 Å². The average molecular weight is 515 g/mol. The molecule has 35 heavy (non-hydrogen) atoms. The Labute approximate surface area is 190 Å². The van der Waals surface area contributed by atoms with Crippen LogP contribution in [0.4, 0.5) is 45.2 Å². The lowest BCUT2D eigenvalue weighted by atomic mass is 10.1. The van der Waals surface area contributed by atoms with E-state index in [0.29, 0.717) is 17.0 Å². The van der Waals surface area contributed by atoms with Crippen LogP contribution in [0.25, 0.3) is 0 Å². The van der Waals surface area contributed by atoms with Crippen LogP contribution in [0.1, 0.15) is 23.1 Å². The number of ether oxygens (including phenoxy) is 1. The normalized spacial score (nSPS) is 17.0. The molecule has 0 saturated carbocycles. The lowest BCUT2D eigenvalue weighted by Crippen LogP contribution is -2.32. The summed E-state index contributed by atoms with van der Waals surface area (Å²) in [5, 5.41) is 2.35. The minimum atomic E-state index is -5.12. The fourth-order valence-corrected chi connectivity index (χ4v) is 3.30. The molecule has 1 aromatic heterocycles. The topological polar surface area (TPSA) is 71.5 Å². The highest BCUT2D eigenvalue weighted by Crippen LogP contribution is 2.39. The van der Waals surface area contributed by atoms with Crippen molar-refractivity contribution in [1.82, 2.24) is 10.3 Å². The number of rotatable bonds is 5. The van der Waals surface area contributed by atoms with E-state index in [4.69, 9.17) is 0 Å². The smallest absolute Gasteiger partial charge is 0.388 e. The third kappa shape index (κ3) is 6.76. The number of alkyl halides is 9. The van der Waals surface area contributed by atoms with Crippen LogP contribution in [-0.4, -0.2) is 29.7 Å². The monoisotopic (exact) mass is 515 g/mol. The van der Waals surface area contributed by atoms with E-state index >= 15 is 0 Å².